The van der Waals surface area contributed by atoms with E-state index in [-0.39, 0.29) is 5.91 Å². The summed E-state index contributed by atoms with van der Waals surface area (Å²) in [6.07, 6.45) is 4.89. The molecule has 32 heavy (non-hydrogen) atoms. The van der Waals surface area contributed by atoms with Crippen LogP contribution in [0.1, 0.15) is 23.8 Å². The van der Waals surface area contributed by atoms with Gasteiger partial charge in [0.1, 0.15) is 22.8 Å². The summed E-state index contributed by atoms with van der Waals surface area (Å²) in [4.78, 5) is 12.5. The molecule has 1 N–H and O–H groups in total. The van der Waals surface area contributed by atoms with Crippen LogP contribution in [0.15, 0.2) is 69.9 Å². The number of benzene rings is 2. The van der Waals surface area contributed by atoms with E-state index in [1.54, 1.807) is 38.9 Å². The normalized spacial score (nSPS) is 11.6. The van der Waals surface area contributed by atoms with Gasteiger partial charge in [-0.25, -0.2) is 0 Å². The first-order valence-electron chi connectivity index (χ1n) is 10.2. The zero-order chi connectivity index (χ0) is 22.7. The van der Waals surface area contributed by atoms with Crippen LogP contribution in [0.2, 0.25) is 0 Å². The third kappa shape index (κ3) is 4.12. The number of hydrogen-bond acceptors (Lipinski definition) is 5. The summed E-state index contributed by atoms with van der Waals surface area (Å²) in [5, 5.41) is 3.78. The van der Waals surface area contributed by atoms with Gasteiger partial charge >= 0.3 is 0 Å². The molecule has 0 aliphatic heterocycles. The number of allylic oxidation sites excluding steroid dienone is 1. The maximum Gasteiger partial charge on any atom is 0.244 e. The zero-order valence-electron chi connectivity index (χ0n) is 18.5. The lowest BCUT2D eigenvalue weighted by Crippen LogP contribution is -2.20. The lowest BCUT2D eigenvalue weighted by Gasteiger charge is -2.13. The molecule has 0 saturated heterocycles. The molecule has 0 aliphatic rings. The van der Waals surface area contributed by atoms with Gasteiger partial charge in [0.05, 0.1) is 33.3 Å². The highest BCUT2D eigenvalue weighted by atomic mass is 16.5. The molecule has 6 heteroatoms. The van der Waals surface area contributed by atoms with Gasteiger partial charge in [0, 0.05) is 28.2 Å². The van der Waals surface area contributed by atoms with Crippen LogP contribution in [0.5, 0.6) is 11.5 Å². The monoisotopic (exact) mass is 431 g/mol. The smallest absolute Gasteiger partial charge is 0.244 e. The fourth-order valence-corrected chi connectivity index (χ4v) is 3.80. The van der Waals surface area contributed by atoms with Crippen molar-refractivity contribution in [2.45, 2.75) is 20.4 Å². The summed E-state index contributed by atoms with van der Waals surface area (Å²) >= 11 is 0. The highest BCUT2D eigenvalue weighted by Crippen LogP contribution is 2.41. The highest BCUT2D eigenvalue weighted by Gasteiger charge is 2.19. The number of carbonyl (C=O) groups excluding carboxylic acids is 1. The average Bonchev–Trinajstić information content (AvgIpc) is 3.47. The zero-order valence-corrected chi connectivity index (χ0v) is 18.5. The molecule has 0 fully saturated rings. The summed E-state index contributed by atoms with van der Waals surface area (Å²) in [5.41, 5.74) is 5.16. The molecule has 0 unspecified atom stereocenters. The van der Waals surface area contributed by atoms with Crippen LogP contribution in [0, 0.1) is 6.92 Å². The van der Waals surface area contributed by atoms with E-state index < -0.39 is 0 Å². The van der Waals surface area contributed by atoms with Gasteiger partial charge in [0.15, 0.2) is 0 Å². The van der Waals surface area contributed by atoms with E-state index in [1.807, 2.05) is 50.2 Å². The summed E-state index contributed by atoms with van der Waals surface area (Å²) in [7, 11) is 3.26. The Balaban J connectivity index is 1.73. The molecule has 4 aromatic rings. The summed E-state index contributed by atoms with van der Waals surface area (Å²) in [6.45, 7) is 4.17. The van der Waals surface area contributed by atoms with Crippen molar-refractivity contribution in [2.75, 3.05) is 14.2 Å². The molecule has 2 aromatic heterocycles. The lowest BCUT2D eigenvalue weighted by molar-refractivity contribution is -0.116. The Morgan fingerprint density at radius 3 is 2.66 bits per heavy atom. The number of fused-ring (bicyclic) bond motifs is 1. The van der Waals surface area contributed by atoms with Crippen LogP contribution in [-0.2, 0) is 11.3 Å². The Morgan fingerprint density at radius 2 is 1.94 bits per heavy atom. The van der Waals surface area contributed by atoms with E-state index in [0.717, 1.165) is 44.5 Å². The molecule has 0 radical (unpaired) electrons. The maximum atomic E-state index is 12.5. The molecule has 6 nitrogen and oxygen atoms in total. The standard InChI is InChI=1S/C26H25NO5/c1-16(11-24(28)27-14-20-9-6-10-31-20)21-13-22-23(18-7-5-8-19(12-18)29-3)15-32-26(22)17(2)25(21)30-4/h5-13,15H,14H2,1-4H3,(H,27,28)/b16-11+. The number of carbonyl (C=O) groups is 1. The molecule has 0 bridgehead atoms. The second kappa shape index (κ2) is 9.06. The SMILES string of the molecule is COc1cccc(-c2coc3c(C)c(OC)c(/C(C)=C/C(=O)NCc4ccco4)cc23)c1. The van der Waals surface area contributed by atoms with Crippen molar-refractivity contribution < 1.29 is 23.1 Å². The number of ether oxygens (including phenoxy) is 2. The van der Waals surface area contributed by atoms with Crippen molar-refractivity contribution in [1.29, 1.82) is 0 Å². The van der Waals surface area contributed by atoms with E-state index in [2.05, 4.69) is 5.32 Å². The molecule has 4 rings (SSSR count). The van der Waals surface area contributed by atoms with E-state index in [9.17, 15) is 4.79 Å². The molecule has 0 aliphatic carbocycles. The minimum absolute atomic E-state index is 0.209. The molecular weight excluding hydrogens is 406 g/mol. The summed E-state index contributed by atoms with van der Waals surface area (Å²) in [6, 6.07) is 13.4. The third-order valence-electron chi connectivity index (χ3n) is 5.42. The van der Waals surface area contributed by atoms with Gasteiger partial charge in [-0.1, -0.05) is 12.1 Å². The number of nitrogens with one attached hydrogen (secondary N) is 1. The van der Waals surface area contributed by atoms with E-state index in [0.29, 0.717) is 18.1 Å². The lowest BCUT2D eigenvalue weighted by atomic mass is 9.96. The van der Waals surface area contributed by atoms with E-state index >= 15 is 0 Å². The molecule has 164 valence electrons. The number of amides is 1. The van der Waals surface area contributed by atoms with Gasteiger partial charge in [-0.2, -0.15) is 0 Å². The largest absolute Gasteiger partial charge is 0.497 e. The van der Waals surface area contributed by atoms with Crippen molar-refractivity contribution in [1.82, 2.24) is 5.32 Å². The summed E-state index contributed by atoms with van der Waals surface area (Å²) in [5.74, 6) is 1.93. The van der Waals surface area contributed by atoms with Crippen molar-refractivity contribution in [3.05, 3.63) is 78.0 Å². The Morgan fingerprint density at radius 1 is 1.09 bits per heavy atom. The Kier molecular flexibility index (Phi) is 6.03. The van der Waals surface area contributed by atoms with Crippen LogP contribution in [-0.4, -0.2) is 20.1 Å². The molecule has 0 atom stereocenters. The second-order valence-corrected chi connectivity index (χ2v) is 7.46. The van der Waals surface area contributed by atoms with Gasteiger partial charge in [-0.05, 0) is 55.3 Å². The van der Waals surface area contributed by atoms with Crippen LogP contribution in [0.4, 0.5) is 0 Å². The topological polar surface area (TPSA) is 73.8 Å². The van der Waals surface area contributed by atoms with Gasteiger partial charge in [0.2, 0.25) is 5.91 Å². The molecule has 0 saturated carbocycles. The molecule has 0 spiro atoms. The quantitative estimate of drug-likeness (QED) is 0.378. The third-order valence-corrected chi connectivity index (χ3v) is 5.42. The molecule has 2 aromatic carbocycles. The predicted octanol–water partition coefficient (Wildman–Crippen LogP) is 5.74. The van der Waals surface area contributed by atoms with Gasteiger partial charge in [-0.15, -0.1) is 0 Å². The number of rotatable bonds is 7. The fourth-order valence-electron chi connectivity index (χ4n) is 3.80. The second-order valence-electron chi connectivity index (χ2n) is 7.46. The number of furan rings is 2. The van der Waals surface area contributed by atoms with Gasteiger partial charge in [-0.3, -0.25) is 4.79 Å². The Labute approximate surface area is 186 Å². The minimum atomic E-state index is -0.209. The van der Waals surface area contributed by atoms with Crippen molar-refractivity contribution in [3.63, 3.8) is 0 Å². The van der Waals surface area contributed by atoms with Crippen LogP contribution in [0.3, 0.4) is 0 Å². The van der Waals surface area contributed by atoms with E-state index in [4.69, 9.17) is 18.3 Å². The van der Waals surface area contributed by atoms with Crippen molar-refractivity contribution >= 4 is 22.4 Å². The predicted molar refractivity (Wildman–Crippen MR) is 124 cm³/mol. The first-order chi connectivity index (χ1) is 15.5. The van der Waals surface area contributed by atoms with Gasteiger partial charge < -0.3 is 23.6 Å². The maximum absolute atomic E-state index is 12.5. The summed E-state index contributed by atoms with van der Waals surface area (Å²) < 4.78 is 22.2. The number of methoxy groups -OCH3 is 2. The van der Waals surface area contributed by atoms with Crippen LogP contribution in [0.25, 0.3) is 27.7 Å². The first-order valence-corrected chi connectivity index (χ1v) is 10.2. The Hall–Kier alpha value is -3.93. The number of aryl methyl sites for hydroxylation is 1. The Bertz CT molecular complexity index is 1280. The number of hydrogen-bond donors (Lipinski definition) is 1. The van der Waals surface area contributed by atoms with Crippen LogP contribution < -0.4 is 14.8 Å². The minimum Gasteiger partial charge on any atom is -0.497 e. The molecule has 1 amide bonds. The van der Waals surface area contributed by atoms with Crippen molar-refractivity contribution in [3.8, 4) is 22.6 Å². The van der Waals surface area contributed by atoms with E-state index in [1.165, 1.54) is 0 Å². The first kappa shape index (κ1) is 21.3. The highest BCUT2D eigenvalue weighted by molar-refractivity contribution is 6.01. The molecular formula is C26H25NO5. The van der Waals surface area contributed by atoms with Gasteiger partial charge in [0.25, 0.3) is 0 Å². The molecule has 2 heterocycles. The average molecular weight is 431 g/mol. The fraction of sp³-hybridized carbons (Fsp3) is 0.192. The van der Waals surface area contributed by atoms with Crippen LogP contribution >= 0.6 is 0 Å². The van der Waals surface area contributed by atoms with Crippen molar-refractivity contribution in [2.24, 2.45) is 0 Å².